The lowest BCUT2D eigenvalue weighted by Gasteiger charge is -1.73. The molecule has 0 N–H and O–H groups in total. The Labute approximate surface area is 103 Å². The second-order valence-corrected chi connectivity index (χ2v) is 4.72. The largest absolute Gasteiger partial charge is 0.135 e. The molecular weight excluding hydrogens is 232 g/mol. The standard InChI is InChI=1S/C14H8S2/c1(3-7-13-9-5-11-15-13)2-4-8-14-10-6-12-16-14/h1-2,5-6,9-12H/b2-1-. The van der Waals surface area contributed by atoms with Crippen molar-refractivity contribution in [2.75, 3.05) is 0 Å². The third kappa shape index (κ3) is 3.44. The Morgan fingerprint density at radius 1 is 0.812 bits per heavy atom. The van der Waals surface area contributed by atoms with Crippen molar-refractivity contribution < 1.29 is 0 Å². The van der Waals surface area contributed by atoms with Gasteiger partial charge in [0.1, 0.15) is 0 Å². The molecule has 2 heterocycles. The predicted octanol–water partition coefficient (Wildman–Crippen LogP) is 3.77. The summed E-state index contributed by atoms with van der Waals surface area (Å²) in [5.74, 6) is 12.0. The van der Waals surface area contributed by atoms with Gasteiger partial charge in [0.15, 0.2) is 0 Å². The highest BCUT2D eigenvalue weighted by atomic mass is 32.1. The Morgan fingerprint density at radius 2 is 1.31 bits per heavy atom. The van der Waals surface area contributed by atoms with Crippen molar-refractivity contribution in [1.29, 1.82) is 0 Å². The Kier molecular flexibility index (Phi) is 4.02. The number of rotatable bonds is 0. The summed E-state index contributed by atoms with van der Waals surface area (Å²) in [6, 6.07) is 8.00. The average Bonchev–Trinajstić information content (AvgIpc) is 2.96. The van der Waals surface area contributed by atoms with E-state index >= 15 is 0 Å². The smallest absolute Gasteiger partial charge is 0.0771 e. The molecule has 16 heavy (non-hydrogen) atoms. The number of hydrogen-bond acceptors (Lipinski definition) is 2. The number of hydrogen-bond donors (Lipinski definition) is 0. The van der Waals surface area contributed by atoms with E-state index in [1.807, 2.05) is 35.0 Å². The van der Waals surface area contributed by atoms with Gasteiger partial charge >= 0.3 is 0 Å². The van der Waals surface area contributed by atoms with Crippen LogP contribution in [-0.4, -0.2) is 0 Å². The first kappa shape index (κ1) is 10.8. The van der Waals surface area contributed by atoms with Gasteiger partial charge in [-0.1, -0.05) is 35.8 Å². The van der Waals surface area contributed by atoms with Crippen molar-refractivity contribution in [3.8, 4) is 23.7 Å². The second kappa shape index (κ2) is 5.98. The molecule has 0 radical (unpaired) electrons. The van der Waals surface area contributed by atoms with Crippen LogP contribution in [0.2, 0.25) is 0 Å². The highest BCUT2D eigenvalue weighted by molar-refractivity contribution is 7.10. The van der Waals surface area contributed by atoms with E-state index in [0.29, 0.717) is 0 Å². The number of thiophene rings is 2. The minimum atomic E-state index is 1.08. The molecule has 0 amide bonds. The van der Waals surface area contributed by atoms with E-state index in [1.165, 1.54) is 0 Å². The third-order valence-corrected chi connectivity index (χ3v) is 3.25. The van der Waals surface area contributed by atoms with Crippen molar-refractivity contribution in [2.24, 2.45) is 0 Å². The average molecular weight is 240 g/mol. The maximum Gasteiger partial charge on any atom is 0.0771 e. The summed E-state index contributed by atoms with van der Waals surface area (Å²) in [7, 11) is 0. The minimum absolute atomic E-state index is 1.08. The predicted molar refractivity (Wildman–Crippen MR) is 71.5 cm³/mol. The van der Waals surface area contributed by atoms with Crippen molar-refractivity contribution in [3.63, 3.8) is 0 Å². The van der Waals surface area contributed by atoms with Crippen LogP contribution in [0, 0.1) is 23.7 Å². The quantitative estimate of drug-likeness (QED) is 0.615. The SMILES string of the molecule is C(#Cc1cccs1)/C=C\C#Cc1cccs1. The van der Waals surface area contributed by atoms with E-state index in [9.17, 15) is 0 Å². The molecule has 0 atom stereocenters. The normalized spacial score (nSPS) is 9.25. The summed E-state index contributed by atoms with van der Waals surface area (Å²) >= 11 is 3.29. The van der Waals surface area contributed by atoms with Crippen LogP contribution in [0.15, 0.2) is 47.2 Å². The molecule has 0 fully saturated rings. The summed E-state index contributed by atoms with van der Waals surface area (Å²) < 4.78 is 0. The van der Waals surface area contributed by atoms with Gasteiger partial charge in [0, 0.05) is 0 Å². The zero-order valence-corrected chi connectivity index (χ0v) is 10.1. The van der Waals surface area contributed by atoms with Gasteiger partial charge in [0.05, 0.1) is 9.75 Å². The first-order chi connectivity index (χ1) is 7.95. The summed E-state index contributed by atoms with van der Waals surface area (Å²) in [5.41, 5.74) is 0. The van der Waals surface area contributed by atoms with E-state index in [0.717, 1.165) is 9.75 Å². The minimum Gasteiger partial charge on any atom is -0.135 e. The Hall–Kier alpha value is -1.74. The summed E-state index contributed by atoms with van der Waals surface area (Å²) in [5, 5.41) is 4.04. The molecule has 2 aromatic heterocycles. The first-order valence-electron chi connectivity index (χ1n) is 4.70. The zero-order chi connectivity index (χ0) is 11.1. The highest BCUT2D eigenvalue weighted by Gasteiger charge is 1.82. The molecule has 2 rings (SSSR count). The second-order valence-electron chi connectivity index (χ2n) is 2.83. The van der Waals surface area contributed by atoms with Crippen LogP contribution in [0.4, 0.5) is 0 Å². The molecule has 0 saturated carbocycles. The molecule has 0 saturated heterocycles. The molecule has 0 aliphatic heterocycles. The van der Waals surface area contributed by atoms with E-state index in [-0.39, 0.29) is 0 Å². The molecular formula is C14H8S2. The van der Waals surface area contributed by atoms with E-state index in [1.54, 1.807) is 34.8 Å². The molecule has 2 heteroatoms. The van der Waals surface area contributed by atoms with Crippen LogP contribution in [-0.2, 0) is 0 Å². The van der Waals surface area contributed by atoms with Crippen molar-refractivity contribution >= 4 is 22.7 Å². The van der Waals surface area contributed by atoms with E-state index in [4.69, 9.17) is 0 Å². The van der Waals surface area contributed by atoms with Gasteiger partial charge in [-0.3, -0.25) is 0 Å². The van der Waals surface area contributed by atoms with Crippen LogP contribution >= 0.6 is 22.7 Å². The monoisotopic (exact) mass is 240 g/mol. The molecule has 0 aliphatic carbocycles. The molecule has 0 unspecified atom stereocenters. The summed E-state index contributed by atoms with van der Waals surface area (Å²) in [6.07, 6.45) is 3.56. The lowest BCUT2D eigenvalue weighted by Crippen LogP contribution is -1.59. The van der Waals surface area contributed by atoms with Gasteiger partial charge in [0.2, 0.25) is 0 Å². The molecule has 0 aromatic carbocycles. The molecule has 0 nitrogen and oxygen atoms in total. The van der Waals surface area contributed by atoms with Crippen molar-refractivity contribution in [3.05, 3.63) is 56.9 Å². The van der Waals surface area contributed by atoms with Gasteiger partial charge in [0.25, 0.3) is 0 Å². The molecule has 76 valence electrons. The number of allylic oxidation sites excluding steroid dienone is 2. The Morgan fingerprint density at radius 3 is 1.69 bits per heavy atom. The van der Waals surface area contributed by atoms with Crippen LogP contribution in [0.25, 0.3) is 0 Å². The van der Waals surface area contributed by atoms with Gasteiger partial charge in [-0.15, -0.1) is 22.7 Å². The first-order valence-corrected chi connectivity index (χ1v) is 6.46. The molecule has 2 aromatic rings. The van der Waals surface area contributed by atoms with Gasteiger partial charge in [-0.2, -0.15) is 0 Å². The summed E-state index contributed by atoms with van der Waals surface area (Å²) in [4.78, 5) is 2.16. The zero-order valence-electron chi connectivity index (χ0n) is 8.44. The fourth-order valence-corrected chi connectivity index (χ4v) is 2.17. The lowest BCUT2D eigenvalue weighted by atomic mass is 10.4. The Balaban J connectivity index is 1.91. The topological polar surface area (TPSA) is 0 Å². The van der Waals surface area contributed by atoms with Gasteiger partial charge in [-0.05, 0) is 35.0 Å². The van der Waals surface area contributed by atoms with Gasteiger partial charge in [-0.25, -0.2) is 0 Å². The third-order valence-electron chi connectivity index (χ3n) is 1.68. The lowest BCUT2D eigenvalue weighted by molar-refractivity contribution is 1.92. The fourth-order valence-electron chi connectivity index (χ4n) is 1.01. The van der Waals surface area contributed by atoms with E-state index in [2.05, 4.69) is 23.7 Å². The Bertz CT molecular complexity index is 510. The van der Waals surface area contributed by atoms with Crippen molar-refractivity contribution in [1.82, 2.24) is 0 Å². The van der Waals surface area contributed by atoms with E-state index < -0.39 is 0 Å². The molecule has 0 aliphatic rings. The van der Waals surface area contributed by atoms with Crippen molar-refractivity contribution in [2.45, 2.75) is 0 Å². The van der Waals surface area contributed by atoms with Crippen LogP contribution < -0.4 is 0 Å². The van der Waals surface area contributed by atoms with Crippen LogP contribution in [0.5, 0.6) is 0 Å². The van der Waals surface area contributed by atoms with Gasteiger partial charge < -0.3 is 0 Å². The summed E-state index contributed by atoms with van der Waals surface area (Å²) in [6.45, 7) is 0. The van der Waals surface area contributed by atoms with Crippen LogP contribution in [0.3, 0.4) is 0 Å². The maximum atomic E-state index is 3.03. The molecule has 0 bridgehead atoms. The maximum absolute atomic E-state index is 3.03. The fraction of sp³-hybridized carbons (Fsp3) is 0. The van der Waals surface area contributed by atoms with Crippen LogP contribution in [0.1, 0.15) is 9.75 Å². The highest BCUT2D eigenvalue weighted by Crippen LogP contribution is 2.06. The molecule has 0 spiro atoms.